The van der Waals surface area contributed by atoms with E-state index in [4.69, 9.17) is 0 Å². The highest BCUT2D eigenvalue weighted by molar-refractivity contribution is 5.94. The molecule has 1 saturated heterocycles. The Hall–Kier alpha value is -2.04. The zero-order chi connectivity index (χ0) is 15.6. The number of amides is 2. The quantitative estimate of drug-likeness (QED) is 0.911. The van der Waals surface area contributed by atoms with E-state index in [1.165, 1.54) is 9.80 Å². The van der Waals surface area contributed by atoms with Crippen LogP contribution in [0.4, 0.5) is 10.5 Å². The summed E-state index contributed by atoms with van der Waals surface area (Å²) >= 11 is 0. The fraction of sp³-hybridized carbons (Fsp3) is 0.500. The molecule has 1 N–H and O–H groups in total. The molecule has 1 aliphatic rings. The molecule has 114 valence electrons. The van der Waals surface area contributed by atoms with E-state index in [2.05, 4.69) is 0 Å². The Kier molecular flexibility index (Phi) is 4.50. The molecule has 1 aromatic carbocycles. The summed E-state index contributed by atoms with van der Waals surface area (Å²) in [6, 6.07) is 6.64. The van der Waals surface area contributed by atoms with Gasteiger partial charge in [-0.2, -0.15) is 0 Å². The number of hydrogen-bond acceptors (Lipinski definition) is 2. The maximum Gasteiger partial charge on any atom is 0.326 e. The molecule has 2 rings (SSSR count). The zero-order valence-corrected chi connectivity index (χ0v) is 12.7. The summed E-state index contributed by atoms with van der Waals surface area (Å²) in [6.07, 6.45) is 1.36. The van der Waals surface area contributed by atoms with Crippen LogP contribution in [0.15, 0.2) is 24.3 Å². The van der Waals surface area contributed by atoms with Gasteiger partial charge in [0, 0.05) is 19.3 Å². The number of carbonyl (C=O) groups is 2. The number of piperidine rings is 1. The monoisotopic (exact) mass is 290 g/mol. The second-order valence-electron chi connectivity index (χ2n) is 5.85. The summed E-state index contributed by atoms with van der Waals surface area (Å²) in [5.74, 6) is -0.591. The first-order chi connectivity index (χ1) is 9.90. The molecule has 0 bridgehead atoms. The van der Waals surface area contributed by atoms with Crippen molar-refractivity contribution in [1.82, 2.24) is 4.90 Å². The normalized spacial score (nSPS) is 22.0. The molecule has 1 aliphatic heterocycles. The van der Waals surface area contributed by atoms with Crippen molar-refractivity contribution in [2.24, 2.45) is 5.92 Å². The molecule has 2 unspecified atom stereocenters. The van der Waals surface area contributed by atoms with Gasteiger partial charge in [0.25, 0.3) is 0 Å². The van der Waals surface area contributed by atoms with Crippen molar-refractivity contribution in [3.8, 4) is 0 Å². The highest BCUT2D eigenvalue weighted by Crippen LogP contribution is 2.25. The number of carboxylic acid groups (broad SMARTS) is 1. The average molecular weight is 290 g/mol. The Labute approximate surface area is 125 Å². The van der Waals surface area contributed by atoms with Crippen LogP contribution in [0.5, 0.6) is 0 Å². The maximum atomic E-state index is 12.6. The number of carboxylic acids is 1. The summed E-state index contributed by atoms with van der Waals surface area (Å²) in [7, 11) is 1.68. The highest BCUT2D eigenvalue weighted by Gasteiger charge is 2.36. The van der Waals surface area contributed by atoms with Crippen molar-refractivity contribution in [1.29, 1.82) is 0 Å². The van der Waals surface area contributed by atoms with Gasteiger partial charge in [0.2, 0.25) is 0 Å². The largest absolute Gasteiger partial charge is 0.480 e. The minimum Gasteiger partial charge on any atom is -0.480 e. The molecule has 1 heterocycles. The molecule has 1 fully saturated rings. The first-order valence-electron chi connectivity index (χ1n) is 7.24. The summed E-state index contributed by atoms with van der Waals surface area (Å²) < 4.78 is 0. The molecular weight excluding hydrogens is 268 g/mol. The SMILES string of the molecule is Cc1ccc(N(C)C(=O)N2CCC(C)CC2C(=O)O)cc1. The van der Waals surface area contributed by atoms with E-state index < -0.39 is 12.0 Å². The van der Waals surface area contributed by atoms with Crippen LogP contribution in [0, 0.1) is 12.8 Å². The Morgan fingerprint density at radius 1 is 1.29 bits per heavy atom. The lowest BCUT2D eigenvalue weighted by atomic mass is 9.92. The van der Waals surface area contributed by atoms with Gasteiger partial charge in [0.05, 0.1) is 0 Å². The van der Waals surface area contributed by atoms with Crippen LogP contribution in [-0.2, 0) is 4.79 Å². The number of aryl methyl sites for hydroxylation is 1. The van der Waals surface area contributed by atoms with Gasteiger partial charge in [-0.3, -0.25) is 4.90 Å². The van der Waals surface area contributed by atoms with Crippen LogP contribution in [0.2, 0.25) is 0 Å². The maximum absolute atomic E-state index is 12.6. The lowest BCUT2D eigenvalue weighted by Gasteiger charge is -2.38. The third kappa shape index (κ3) is 3.35. The van der Waals surface area contributed by atoms with Crippen molar-refractivity contribution >= 4 is 17.7 Å². The van der Waals surface area contributed by atoms with Crippen molar-refractivity contribution in [3.05, 3.63) is 29.8 Å². The number of anilines is 1. The summed E-state index contributed by atoms with van der Waals surface area (Å²) in [5, 5.41) is 9.35. The van der Waals surface area contributed by atoms with E-state index in [0.29, 0.717) is 18.9 Å². The van der Waals surface area contributed by atoms with Crippen LogP contribution in [-0.4, -0.2) is 41.6 Å². The number of carbonyl (C=O) groups excluding carboxylic acids is 1. The summed E-state index contributed by atoms with van der Waals surface area (Å²) in [5.41, 5.74) is 1.89. The minimum absolute atomic E-state index is 0.252. The van der Waals surface area contributed by atoms with E-state index in [1.807, 2.05) is 38.1 Å². The zero-order valence-electron chi connectivity index (χ0n) is 12.7. The third-order valence-corrected chi connectivity index (χ3v) is 4.10. The second kappa shape index (κ2) is 6.16. The Morgan fingerprint density at radius 3 is 2.48 bits per heavy atom. The molecule has 21 heavy (non-hydrogen) atoms. The number of aliphatic carboxylic acids is 1. The number of benzene rings is 1. The molecular formula is C16H22N2O3. The fourth-order valence-corrected chi connectivity index (χ4v) is 2.68. The van der Waals surface area contributed by atoms with Crippen molar-refractivity contribution in [2.45, 2.75) is 32.7 Å². The molecule has 0 aromatic heterocycles. The van der Waals surface area contributed by atoms with Gasteiger partial charge in [0.15, 0.2) is 0 Å². The molecule has 0 radical (unpaired) electrons. The Bertz CT molecular complexity index is 527. The minimum atomic E-state index is -0.924. The Balaban J connectivity index is 2.17. The predicted molar refractivity (Wildman–Crippen MR) is 81.5 cm³/mol. The third-order valence-electron chi connectivity index (χ3n) is 4.10. The lowest BCUT2D eigenvalue weighted by Crippen LogP contribution is -2.53. The van der Waals surface area contributed by atoms with Gasteiger partial charge in [0.1, 0.15) is 6.04 Å². The standard InChI is InChI=1S/C16H22N2O3/c1-11-4-6-13(7-5-11)17(3)16(21)18-9-8-12(2)10-14(18)15(19)20/h4-7,12,14H,8-10H2,1-3H3,(H,19,20). The van der Waals surface area contributed by atoms with Gasteiger partial charge in [-0.1, -0.05) is 24.6 Å². The van der Waals surface area contributed by atoms with Crippen LogP contribution >= 0.6 is 0 Å². The van der Waals surface area contributed by atoms with E-state index in [0.717, 1.165) is 17.7 Å². The van der Waals surface area contributed by atoms with Crippen LogP contribution in [0.1, 0.15) is 25.3 Å². The van der Waals surface area contributed by atoms with Gasteiger partial charge in [-0.05, 0) is 37.8 Å². The highest BCUT2D eigenvalue weighted by atomic mass is 16.4. The van der Waals surface area contributed by atoms with Gasteiger partial charge < -0.3 is 10.0 Å². The predicted octanol–water partition coefficient (Wildman–Crippen LogP) is 2.74. The van der Waals surface area contributed by atoms with Gasteiger partial charge in [-0.15, -0.1) is 0 Å². The smallest absolute Gasteiger partial charge is 0.326 e. The lowest BCUT2D eigenvalue weighted by molar-refractivity contribution is -0.143. The number of hydrogen-bond donors (Lipinski definition) is 1. The van der Waals surface area contributed by atoms with Gasteiger partial charge >= 0.3 is 12.0 Å². The molecule has 2 atom stereocenters. The average Bonchev–Trinajstić information content (AvgIpc) is 2.46. The van der Waals surface area contributed by atoms with E-state index in [9.17, 15) is 14.7 Å². The molecule has 1 aromatic rings. The van der Waals surface area contributed by atoms with Crippen LogP contribution < -0.4 is 4.90 Å². The van der Waals surface area contributed by atoms with Crippen molar-refractivity contribution in [2.75, 3.05) is 18.5 Å². The number of rotatable bonds is 2. The topological polar surface area (TPSA) is 60.9 Å². The first-order valence-corrected chi connectivity index (χ1v) is 7.24. The fourth-order valence-electron chi connectivity index (χ4n) is 2.68. The molecule has 5 heteroatoms. The van der Waals surface area contributed by atoms with E-state index in [-0.39, 0.29) is 6.03 Å². The Morgan fingerprint density at radius 2 is 1.90 bits per heavy atom. The molecule has 0 aliphatic carbocycles. The van der Waals surface area contributed by atoms with Crippen LogP contribution in [0.25, 0.3) is 0 Å². The van der Waals surface area contributed by atoms with E-state index >= 15 is 0 Å². The number of likely N-dealkylation sites (tertiary alicyclic amines) is 1. The number of nitrogens with zero attached hydrogens (tertiary/aromatic N) is 2. The molecule has 2 amide bonds. The second-order valence-corrected chi connectivity index (χ2v) is 5.85. The van der Waals surface area contributed by atoms with Crippen molar-refractivity contribution in [3.63, 3.8) is 0 Å². The first kappa shape index (κ1) is 15.4. The molecule has 0 spiro atoms. The summed E-state index contributed by atoms with van der Waals surface area (Å²) in [6.45, 7) is 4.51. The van der Waals surface area contributed by atoms with Crippen molar-refractivity contribution < 1.29 is 14.7 Å². The number of urea groups is 1. The van der Waals surface area contributed by atoms with Gasteiger partial charge in [-0.25, -0.2) is 9.59 Å². The summed E-state index contributed by atoms with van der Waals surface area (Å²) in [4.78, 5) is 27.0. The van der Waals surface area contributed by atoms with E-state index in [1.54, 1.807) is 7.05 Å². The molecule has 0 saturated carbocycles. The van der Waals surface area contributed by atoms with Crippen LogP contribution in [0.3, 0.4) is 0 Å². The molecule has 5 nitrogen and oxygen atoms in total.